The van der Waals surface area contributed by atoms with Crippen molar-refractivity contribution in [3.63, 3.8) is 0 Å². The van der Waals surface area contributed by atoms with Crippen LogP contribution in [0.1, 0.15) is 26.7 Å². The summed E-state index contributed by atoms with van der Waals surface area (Å²) in [6.45, 7) is 4.36. The molecule has 0 amide bonds. The Labute approximate surface area is 86.7 Å². The van der Waals surface area contributed by atoms with E-state index in [0.717, 1.165) is 0 Å². The van der Waals surface area contributed by atoms with Crippen molar-refractivity contribution in [2.45, 2.75) is 26.7 Å². The van der Waals surface area contributed by atoms with Gasteiger partial charge in [0, 0.05) is 5.69 Å². The molecule has 14 heavy (non-hydrogen) atoms. The third-order valence-corrected chi connectivity index (χ3v) is 1.39. The van der Waals surface area contributed by atoms with Crippen molar-refractivity contribution in [3.8, 4) is 5.75 Å². The molecule has 0 aromatic heterocycles. The molecule has 0 unspecified atom stereocenters. The average molecular weight is 198 g/mol. The molecule has 1 aromatic carbocycles. The van der Waals surface area contributed by atoms with Gasteiger partial charge in [0.25, 0.3) is 0 Å². The number of rotatable bonds is 1. The van der Waals surface area contributed by atoms with Crippen LogP contribution in [0.3, 0.4) is 0 Å². The van der Waals surface area contributed by atoms with Crippen molar-refractivity contribution in [3.05, 3.63) is 24.3 Å². The molecule has 0 fully saturated rings. The summed E-state index contributed by atoms with van der Waals surface area (Å²) in [5.74, 6) is 0.249. The number of nitrogens with two attached hydrogens (primary N) is 2. The Balaban J connectivity index is 0. The summed E-state index contributed by atoms with van der Waals surface area (Å²) in [6, 6.07) is 6.40. The molecule has 82 valence electrons. The van der Waals surface area contributed by atoms with E-state index in [2.05, 4.69) is 19.6 Å². The number of aromatic hydroxyl groups is 1. The fourth-order valence-corrected chi connectivity index (χ4v) is 0.474. The van der Waals surface area contributed by atoms with Gasteiger partial charge in [0.2, 0.25) is 0 Å². The molecule has 1 aromatic rings. The van der Waals surface area contributed by atoms with E-state index >= 15 is 0 Å². The van der Waals surface area contributed by atoms with Gasteiger partial charge in [-0.3, -0.25) is 0 Å². The third-order valence-electron chi connectivity index (χ3n) is 1.39. The summed E-state index contributed by atoms with van der Waals surface area (Å²) >= 11 is 0. The lowest BCUT2D eigenvalue weighted by Crippen LogP contribution is -1.80. The van der Waals surface area contributed by atoms with Crippen LogP contribution in [-0.2, 0) is 0 Å². The van der Waals surface area contributed by atoms with Gasteiger partial charge in [-0.25, -0.2) is 0 Å². The summed E-state index contributed by atoms with van der Waals surface area (Å²) in [6.07, 6.45) is 2.64. The summed E-state index contributed by atoms with van der Waals surface area (Å²) in [4.78, 5) is 0. The molecule has 0 bridgehead atoms. The van der Waals surface area contributed by atoms with Gasteiger partial charge in [0.15, 0.2) is 0 Å². The van der Waals surface area contributed by atoms with Gasteiger partial charge in [0.1, 0.15) is 5.75 Å². The maximum Gasteiger partial charge on any atom is 0.115 e. The van der Waals surface area contributed by atoms with Crippen LogP contribution in [0.5, 0.6) is 5.75 Å². The minimum absolute atomic E-state index is 0.249. The summed E-state index contributed by atoms with van der Waals surface area (Å²) in [5.41, 5.74) is 10.5. The highest BCUT2D eigenvalue weighted by Gasteiger charge is 1.82. The highest BCUT2D eigenvalue weighted by atomic mass is 16.3. The standard InChI is InChI=1S/C6H7NO.C4H10.CH5N/c7-5-1-3-6(8)4-2-5;1-3-4-2;1-2/h1-4,8H,7H2;3-4H2,1-2H3;2H2,1H3. The first-order chi connectivity index (χ1) is 6.70. The molecule has 5 N–H and O–H groups in total. The Morgan fingerprint density at radius 1 is 1.00 bits per heavy atom. The Bertz CT molecular complexity index is 174. The highest BCUT2D eigenvalue weighted by Crippen LogP contribution is 2.09. The first-order valence-corrected chi connectivity index (χ1v) is 4.83. The van der Waals surface area contributed by atoms with Crippen molar-refractivity contribution in [1.82, 2.24) is 0 Å². The van der Waals surface area contributed by atoms with Crippen LogP contribution in [0, 0.1) is 0 Å². The van der Waals surface area contributed by atoms with E-state index in [1.54, 1.807) is 24.3 Å². The molecule has 0 aliphatic carbocycles. The zero-order valence-electron chi connectivity index (χ0n) is 9.33. The number of unbranched alkanes of at least 4 members (excludes halogenated alkanes) is 1. The molecule has 0 spiro atoms. The van der Waals surface area contributed by atoms with Crippen molar-refractivity contribution < 1.29 is 5.11 Å². The second-order valence-corrected chi connectivity index (χ2v) is 2.59. The Morgan fingerprint density at radius 3 is 1.57 bits per heavy atom. The summed E-state index contributed by atoms with van der Waals surface area (Å²) in [5, 5.41) is 8.70. The molecule has 1 rings (SSSR count). The van der Waals surface area contributed by atoms with E-state index in [1.165, 1.54) is 19.9 Å². The summed E-state index contributed by atoms with van der Waals surface area (Å²) in [7, 11) is 1.50. The van der Waals surface area contributed by atoms with E-state index in [0.29, 0.717) is 5.69 Å². The zero-order chi connectivity index (χ0) is 11.4. The number of benzene rings is 1. The second-order valence-electron chi connectivity index (χ2n) is 2.59. The number of anilines is 1. The topological polar surface area (TPSA) is 72.3 Å². The zero-order valence-corrected chi connectivity index (χ0v) is 9.33. The van der Waals surface area contributed by atoms with E-state index in [9.17, 15) is 0 Å². The quantitative estimate of drug-likeness (QED) is 0.479. The van der Waals surface area contributed by atoms with E-state index in [-0.39, 0.29) is 5.75 Å². The van der Waals surface area contributed by atoms with E-state index in [1.807, 2.05) is 0 Å². The molecule has 0 radical (unpaired) electrons. The minimum atomic E-state index is 0.249. The van der Waals surface area contributed by atoms with Crippen LogP contribution < -0.4 is 11.5 Å². The largest absolute Gasteiger partial charge is 0.508 e. The molecule has 3 heteroatoms. The molecule has 0 aliphatic heterocycles. The molecule has 0 atom stereocenters. The van der Waals surface area contributed by atoms with Gasteiger partial charge in [-0.05, 0) is 31.3 Å². The first-order valence-electron chi connectivity index (χ1n) is 4.83. The lowest BCUT2D eigenvalue weighted by molar-refractivity contribution is 0.475. The third kappa shape index (κ3) is 10.8. The number of hydrogen-bond donors (Lipinski definition) is 3. The maximum atomic E-state index is 8.70. The van der Waals surface area contributed by atoms with Gasteiger partial charge in [0.05, 0.1) is 0 Å². The Morgan fingerprint density at radius 2 is 1.36 bits per heavy atom. The van der Waals surface area contributed by atoms with Gasteiger partial charge in [-0.1, -0.05) is 26.7 Å². The SMILES string of the molecule is CCCC.CN.Nc1ccc(O)cc1. The molecular weight excluding hydrogens is 176 g/mol. The van der Waals surface area contributed by atoms with Crippen molar-refractivity contribution in [2.24, 2.45) is 5.73 Å². The van der Waals surface area contributed by atoms with Crippen LogP contribution in [0.25, 0.3) is 0 Å². The molecule has 0 saturated heterocycles. The van der Waals surface area contributed by atoms with Crippen LogP contribution in [0.4, 0.5) is 5.69 Å². The Hall–Kier alpha value is -1.22. The highest BCUT2D eigenvalue weighted by molar-refractivity contribution is 5.40. The molecule has 0 heterocycles. The van der Waals surface area contributed by atoms with Crippen LogP contribution in [0.15, 0.2) is 24.3 Å². The van der Waals surface area contributed by atoms with Crippen LogP contribution >= 0.6 is 0 Å². The first kappa shape index (κ1) is 15.3. The predicted octanol–water partition coefficient (Wildman–Crippen LogP) is 2.36. The molecular formula is C11H22N2O. The summed E-state index contributed by atoms with van der Waals surface area (Å²) < 4.78 is 0. The Kier molecular flexibility index (Phi) is 12.8. The second kappa shape index (κ2) is 11.8. The van der Waals surface area contributed by atoms with Gasteiger partial charge in [-0.15, -0.1) is 0 Å². The number of hydrogen-bond acceptors (Lipinski definition) is 3. The van der Waals surface area contributed by atoms with Gasteiger partial charge >= 0.3 is 0 Å². The van der Waals surface area contributed by atoms with Crippen molar-refractivity contribution in [1.29, 1.82) is 0 Å². The lowest BCUT2D eigenvalue weighted by atomic mass is 10.3. The molecule has 3 nitrogen and oxygen atoms in total. The van der Waals surface area contributed by atoms with Crippen molar-refractivity contribution >= 4 is 5.69 Å². The predicted molar refractivity (Wildman–Crippen MR) is 63.2 cm³/mol. The van der Waals surface area contributed by atoms with Crippen LogP contribution in [0.2, 0.25) is 0 Å². The van der Waals surface area contributed by atoms with Crippen LogP contribution in [-0.4, -0.2) is 12.2 Å². The van der Waals surface area contributed by atoms with E-state index < -0.39 is 0 Å². The molecule has 0 aliphatic rings. The number of phenols is 1. The number of phenolic OH excluding ortho intramolecular Hbond substituents is 1. The normalized spacial score (nSPS) is 7.71. The monoisotopic (exact) mass is 198 g/mol. The van der Waals surface area contributed by atoms with Gasteiger partial charge < -0.3 is 16.6 Å². The van der Waals surface area contributed by atoms with Crippen molar-refractivity contribution in [2.75, 3.05) is 12.8 Å². The molecule has 0 saturated carbocycles. The number of nitrogen functional groups attached to an aromatic ring is 1. The maximum absolute atomic E-state index is 8.70. The average Bonchev–Trinajstić information content (AvgIpc) is 2.26. The lowest BCUT2D eigenvalue weighted by Gasteiger charge is -1.89. The smallest absolute Gasteiger partial charge is 0.115 e. The fraction of sp³-hybridized carbons (Fsp3) is 0.455. The fourth-order valence-electron chi connectivity index (χ4n) is 0.474. The van der Waals surface area contributed by atoms with E-state index in [4.69, 9.17) is 10.8 Å². The minimum Gasteiger partial charge on any atom is -0.508 e. The van der Waals surface area contributed by atoms with Gasteiger partial charge in [-0.2, -0.15) is 0 Å².